The van der Waals surface area contributed by atoms with Crippen molar-refractivity contribution in [1.29, 1.82) is 0 Å². The summed E-state index contributed by atoms with van der Waals surface area (Å²) in [4.78, 5) is 39.3. The molecular formula is C21H31N3O5. The van der Waals surface area contributed by atoms with E-state index in [1.807, 2.05) is 13.8 Å². The predicted molar refractivity (Wildman–Crippen MR) is 109 cm³/mol. The maximum atomic E-state index is 12.8. The molecule has 1 aliphatic heterocycles. The first kappa shape index (κ1) is 22.7. The van der Waals surface area contributed by atoms with Crippen molar-refractivity contribution in [3.05, 3.63) is 29.8 Å². The van der Waals surface area contributed by atoms with Gasteiger partial charge in [0.1, 0.15) is 18.4 Å². The molecule has 1 atom stereocenters. The van der Waals surface area contributed by atoms with Crippen LogP contribution >= 0.6 is 0 Å². The molecule has 0 saturated carbocycles. The summed E-state index contributed by atoms with van der Waals surface area (Å²) in [6.45, 7) is 4.89. The van der Waals surface area contributed by atoms with Crippen molar-refractivity contribution in [2.45, 2.75) is 38.8 Å². The smallest absolute Gasteiger partial charge is 0.251 e. The molecule has 1 aromatic rings. The van der Waals surface area contributed by atoms with E-state index < -0.39 is 6.04 Å². The van der Waals surface area contributed by atoms with Crippen molar-refractivity contribution in [3.63, 3.8) is 0 Å². The Hall–Kier alpha value is -2.61. The van der Waals surface area contributed by atoms with Crippen molar-refractivity contribution < 1.29 is 23.9 Å². The largest absolute Gasteiger partial charge is 0.497 e. The maximum Gasteiger partial charge on any atom is 0.251 e. The summed E-state index contributed by atoms with van der Waals surface area (Å²) in [6.07, 6.45) is 1.27. The number of hydrogen-bond acceptors (Lipinski definition) is 5. The Bertz CT molecular complexity index is 697. The van der Waals surface area contributed by atoms with Crippen LogP contribution in [0.5, 0.6) is 5.75 Å². The van der Waals surface area contributed by atoms with Gasteiger partial charge in [-0.05, 0) is 56.9 Å². The fourth-order valence-electron chi connectivity index (χ4n) is 3.44. The van der Waals surface area contributed by atoms with Gasteiger partial charge in [0.25, 0.3) is 5.91 Å². The molecule has 8 nitrogen and oxygen atoms in total. The Morgan fingerprint density at radius 1 is 1.07 bits per heavy atom. The van der Waals surface area contributed by atoms with E-state index in [1.165, 1.54) is 7.11 Å². The van der Waals surface area contributed by atoms with Crippen molar-refractivity contribution in [2.24, 2.45) is 5.92 Å². The fraction of sp³-hybridized carbons (Fsp3) is 0.571. The van der Waals surface area contributed by atoms with Crippen LogP contribution in [0, 0.1) is 5.92 Å². The van der Waals surface area contributed by atoms with E-state index in [2.05, 4.69) is 10.6 Å². The van der Waals surface area contributed by atoms with E-state index >= 15 is 0 Å². The summed E-state index contributed by atoms with van der Waals surface area (Å²) in [6, 6.07) is 6.04. The van der Waals surface area contributed by atoms with E-state index in [4.69, 9.17) is 9.47 Å². The van der Waals surface area contributed by atoms with Gasteiger partial charge in [-0.3, -0.25) is 14.4 Å². The summed E-state index contributed by atoms with van der Waals surface area (Å²) >= 11 is 0. The first-order valence-electron chi connectivity index (χ1n) is 9.87. The number of piperidine rings is 1. The number of carbonyl (C=O) groups excluding carboxylic acids is 3. The van der Waals surface area contributed by atoms with Gasteiger partial charge in [0.2, 0.25) is 11.8 Å². The van der Waals surface area contributed by atoms with Crippen molar-refractivity contribution in [2.75, 3.05) is 33.9 Å². The summed E-state index contributed by atoms with van der Waals surface area (Å²) in [5.74, 6) is 0.0284. The molecule has 0 aliphatic carbocycles. The summed E-state index contributed by atoms with van der Waals surface area (Å²) in [5.41, 5.74) is 0.459. The van der Waals surface area contributed by atoms with Gasteiger partial charge in [0.05, 0.1) is 7.11 Å². The standard InChI is InChI=1S/C21H31N3O5/c1-14(2)22-21(27)19(15-9-11-24(12-10-15)18(25)13-28-3)23-20(26)16-5-7-17(29-4)8-6-16/h5-8,14-15,19H,9-13H2,1-4H3,(H,22,27)(H,23,26). The Morgan fingerprint density at radius 2 is 1.69 bits per heavy atom. The summed E-state index contributed by atoms with van der Waals surface area (Å²) < 4.78 is 10.0. The SMILES string of the molecule is COCC(=O)N1CCC(C(NC(=O)c2ccc(OC)cc2)C(=O)NC(C)C)CC1. The van der Waals surface area contributed by atoms with Crippen molar-refractivity contribution in [1.82, 2.24) is 15.5 Å². The number of ether oxygens (including phenoxy) is 2. The van der Waals surface area contributed by atoms with E-state index in [0.717, 1.165) is 0 Å². The van der Waals surface area contributed by atoms with Gasteiger partial charge < -0.3 is 25.0 Å². The molecule has 0 aromatic heterocycles. The van der Waals surface area contributed by atoms with Crippen LogP contribution in [0.3, 0.4) is 0 Å². The highest BCUT2D eigenvalue weighted by Crippen LogP contribution is 2.22. The fourth-order valence-corrected chi connectivity index (χ4v) is 3.44. The molecule has 0 spiro atoms. The quantitative estimate of drug-likeness (QED) is 0.678. The van der Waals surface area contributed by atoms with E-state index in [1.54, 1.807) is 36.3 Å². The Labute approximate surface area is 171 Å². The molecule has 1 aliphatic rings. The molecule has 3 amide bonds. The number of hydrogen-bond donors (Lipinski definition) is 2. The molecule has 160 valence electrons. The van der Waals surface area contributed by atoms with Crippen LogP contribution in [-0.2, 0) is 14.3 Å². The minimum atomic E-state index is -0.660. The van der Waals surface area contributed by atoms with Gasteiger partial charge >= 0.3 is 0 Å². The lowest BCUT2D eigenvalue weighted by Crippen LogP contribution is -2.55. The number of nitrogens with one attached hydrogen (secondary N) is 2. The lowest BCUT2D eigenvalue weighted by Gasteiger charge is -2.36. The maximum absolute atomic E-state index is 12.8. The third-order valence-corrected chi connectivity index (χ3v) is 4.98. The minimum absolute atomic E-state index is 0.0359. The molecule has 8 heteroatoms. The molecule has 1 unspecified atom stereocenters. The summed E-state index contributed by atoms with van der Waals surface area (Å²) in [7, 11) is 3.05. The number of likely N-dealkylation sites (tertiary alicyclic amines) is 1. The lowest BCUT2D eigenvalue weighted by atomic mass is 9.88. The number of carbonyl (C=O) groups is 3. The first-order valence-corrected chi connectivity index (χ1v) is 9.87. The van der Waals surface area contributed by atoms with E-state index in [9.17, 15) is 14.4 Å². The van der Waals surface area contributed by atoms with Gasteiger partial charge in [-0.25, -0.2) is 0 Å². The molecule has 2 rings (SSSR count). The number of benzene rings is 1. The molecule has 1 aromatic carbocycles. The van der Waals surface area contributed by atoms with Gasteiger partial charge in [-0.2, -0.15) is 0 Å². The molecule has 1 heterocycles. The van der Waals surface area contributed by atoms with Gasteiger partial charge in [0, 0.05) is 31.8 Å². The normalized spacial score (nSPS) is 15.7. The Balaban J connectivity index is 2.08. The highest BCUT2D eigenvalue weighted by molar-refractivity contribution is 5.97. The zero-order valence-electron chi connectivity index (χ0n) is 17.6. The van der Waals surface area contributed by atoms with Crippen LogP contribution in [0.15, 0.2) is 24.3 Å². The Morgan fingerprint density at radius 3 is 2.21 bits per heavy atom. The molecule has 2 N–H and O–H groups in total. The second-order valence-electron chi connectivity index (χ2n) is 7.49. The second kappa shape index (κ2) is 10.8. The highest BCUT2D eigenvalue weighted by atomic mass is 16.5. The van der Waals surface area contributed by atoms with E-state index in [-0.39, 0.29) is 36.3 Å². The third-order valence-electron chi connectivity index (χ3n) is 4.98. The number of rotatable bonds is 8. The van der Waals surface area contributed by atoms with Crippen LogP contribution in [0.25, 0.3) is 0 Å². The van der Waals surface area contributed by atoms with Gasteiger partial charge in [-0.15, -0.1) is 0 Å². The van der Waals surface area contributed by atoms with Gasteiger partial charge in [0.15, 0.2) is 0 Å². The molecular weight excluding hydrogens is 374 g/mol. The van der Waals surface area contributed by atoms with Crippen LogP contribution in [-0.4, -0.2) is 68.6 Å². The molecule has 0 bridgehead atoms. The highest BCUT2D eigenvalue weighted by Gasteiger charge is 2.34. The molecule has 1 fully saturated rings. The zero-order valence-corrected chi connectivity index (χ0v) is 17.6. The minimum Gasteiger partial charge on any atom is -0.497 e. The van der Waals surface area contributed by atoms with Crippen LogP contribution in [0.2, 0.25) is 0 Å². The van der Waals surface area contributed by atoms with Crippen molar-refractivity contribution in [3.8, 4) is 5.75 Å². The average Bonchev–Trinajstić information content (AvgIpc) is 2.71. The van der Waals surface area contributed by atoms with Gasteiger partial charge in [-0.1, -0.05) is 0 Å². The zero-order chi connectivity index (χ0) is 21.4. The summed E-state index contributed by atoms with van der Waals surface area (Å²) in [5, 5.41) is 5.79. The van der Waals surface area contributed by atoms with E-state index in [0.29, 0.717) is 37.2 Å². The Kier molecular flexibility index (Phi) is 8.45. The number of methoxy groups -OCH3 is 2. The van der Waals surface area contributed by atoms with Crippen LogP contribution in [0.1, 0.15) is 37.0 Å². The first-order chi connectivity index (χ1) is 13.8. The van der Waals surface area contributed by atoms with Crippen molar-refractivity contribution >= 4 is 17.7 Å². The number of nitrogens with zero attached hydrogens (tertiary/aromatic N) is 1. The third kappa shape index (κ3) is 6.45. The molecule has 1 saturated heterocycles. The van der Waals surface area contributed by atoms with Crippen LogP contribution < -0.4 is 15.4 Å². The average molecular weight is 405 g/mol. The molecule has 29 heavy (non-hydrogen) atoms. The lowest BCUT2D eigenvalue weighted by molar-refractivity contribution is -0.136. The topological polar surface area (TPSA) is 97.0 Å². The predicted octanol–water partition coefficient (Wildman–Crippen LogP) is 1.20. The molecule has 0 radical (unpaired) electrons. The second-order valence-corrected chi connectivity index (χ2v) is 7.49. The van der Waals surface area contributed by atoms with Crippen LogP contribution in [0.4, 0.5) is 0 Å². The monoisotopic (exact) mass is 405 g/mol. The number of amides is 3.